The second kappa shape index (κ2) is 9.96. The van der Waals surface area contributed by atoms with Crippen molar-refractivity contribution in [1.82, 2.24) is 14.2 Å². The summed E-state index contributed by atoms with van der Waals surface area (Å²) in [5.74, 6) is 0.488. The summed E-state index contributed by atoms with van der Waals surface area (Å²) < 4.78 is 34.3. The lowest BCUT2D eigenvalue weighted by atomic mass is 10.2. The van der Waals surface area contributed by atoms with E-state index in [1.54, 1.807) is 35.2 Å². The van der Waals surface area contributed by atoms with Crippen LogP contribution in [0.1, 0.15) is 12.8 Å². The second-order valence-electron chi connectivity index (χ2n) is 8.57. The molecule has 0 aliphatic carbocycles. The van der Waals surface area contributed by atoms with Gasteiger partial charge in [0.05, 0.1) is 22.2 Å². The fraction of sp³-hybridized carbons (Fsp3) is 0.417. The normalized spacial score (nSPS) is 19.4. The van der Waals surface area contributed by atoms with Crippen molar-refractivity contribution in [2.75, 3.05) is 51.0 Å². The second-order valence-corrected chi connectivity index (χ2v) is 12.3. The zero-order valence-corrected chi connectivity index (χ0v) is 22.2. The number of hydrogen-bond acceptors (Lipinski definition) is 8. The molecule has 1 amide bonds. The molecule has 1 atom stereocenters. The summed E-state index contributed by atoms with van der Waals surface area (Å²) in [5, 5.41) is 0.971. The Morgan fingerprint density at radius 2 is 1.83 bits per heavy atom. The number of thiazole rings is 1. The van der Waals surface area contributed by atoms with Gasteiger partial charge in [0.2, 0.25) is 15.9 Å². The summed E-state index contributed by atoms with van der Waals surface area (Å²) in [7, 11) is -2.22. The number of aromatic nitrogens is 1. The van der Waals surface area contributed by atoms with Gasteiger partial charge in [0.15, 0.2) is 5.13 Å². The van der Waals surface area contributed by atoms with Gasteiger partial charge in [-0.25, -0.2) is 13.4 Å². The molecular formula is C24H28N4O4S3. The van der Waals surface area contributed by atoms with Crippen LogP contribution in [0.15, 0.2) is 52.3 Å². The van der Waals surface area contributed by atoms with Crippen LogP contribution in [0.3, 0.4) is 0 Å². The lowest BCUT2D eigenvalue weighted by Gasteiger charge is -2.37. The maximum atomic E-state index is 13.4. The Labute approximate surface area is 213 Å². The first-order valence-electron chi connectivity index (χ1n) is 11.6. The number of nitrogens with zero attached hydrogens (tertiary/aromatic N) is 4. The van der Waals surface area contributed by atoms with Gasteiger partial charge in [-0.05, 0) is 55.5 Å². The summed E-state index contributed by atoms with van der Waals surface area (Å²) in [5.41, 5.74) is 1.03. The van der Waals surface area contributed by atoms with E-state index in [2.05, 4.69) is 29.4 Å². The standard InChI is InChI=1S/C24H28N4O4S3/c1-32-17-8-10-18(11-9-17)35(30,31)28-12-4-5-19(28)23(29)26-13-15-27(16-14-26)24-25-22-20(33-2)6-3-7-21(22)34-24/h3,6-11,19H,4-5,12-16H2,1-2H3. The van der Waals surface area contributed by atoms with E-state index in [9.17, 15) is 13.2 Å². The van der Waals surface area contributed by atoms with Crippen LogP contribution in [0, 0.1) is 0 Å². The van der Waals surface area contributed by atoms with Crippen molar-refractivity contribution in [3.8, 4) is 5.75 Å². The van der Waals surface area contributed by atoms with E-state index in [4.69, 9.17) is 9.72 Å². The highest BCUT2D eigenvalue weighted by Gasteiger charge is 2.41. The molecule has 1 unspecified atom stereocenters. The number of methoxy groups -OCH3 is 1. The van der Waals surface area contributed by atoms with Crippen molar-refractivity contribution in [2.45, 2.75) is 28.7 Å². The fourth-order valence-electron chi connectivity index (χ4n) is 4.70. The number of rotatable bonds is 6. The number of piperazine rings is 1. The predicted octanol–water partition coefficient (Wildman–Crippen LogP) is 3.53. The van der Waals surface area contributed by atoms with Crippen LogP contribution >= 0.6 is 23.1 Å². The minimum Gasteiger partial charge on any atom is -0.497 e. The molecule has 35 heavy (non-hydrogen) atoms. The number of amides is 1. The highest BCUT2D eigenvalue weighted by molar-refractivity contribution is 7.98. The molecule has 0 radical (unpaired) electrons. The third kappa shape index (κ3) is 4.62. The van der Waals surface area contributed by atoms with Gasteiger partial charge in [0.25, 0.3) is 0 Å². The van der Waals surface area contributed by atoms with E-state index in [0.29, 0.717) is 51.3 Å². The molecule has 2 saturated heterocycles. The molecule has 0 spiro atoms. The number of fused-ring (bicyclic) bond motifs is 1. The Morgan fingerprint density at radius 3 is 2.51 bits per heavy atom. The molecule has 0 saturated carbocycles. The molecule has 5 rings (SSSR count). The van der Waals surface area contributed by atoms with Gasteiger partial charge in [-0.15, -0.1) is 11.8 Å². The van der Waals surface area contributed by atoms with Crippen molar-refractivity contribution in [3.63, 3.8) is 0 Å². The summed E-state index contributed by atoms with van der Waals surface area (Å²) in [6, 6.07) is 11.9. The summed E-state index contributed by atoms with van der Waals surface area (Å²) in [4.78, 5) is 23.7. The van der Waals surface area contributed by atoms with E-state index < -0.39 is 16.1 Å². The van der Waals surface area contributed by atoms with E-state index in [1.165, 1.54) is 28.4 Å². The molecule has 186 valence electrons. The molecule has 2 fully saturated rings. The number of ether oxygens (including phenoxy) is 1. The molecule has 2 aliphatic rings. The highest BCUT2D eigenvalue weighted by atomic mass is 32.2. The molecule has 11 heteroatoms. The van der Waals surface area contributed by atoms with Crippen molar-refractivity contribution in [1.29, 1.82) is 0 Å². The zero-order chi connectivity index (χ0) is 24.6. The number of para-hydroxylation sites is 1. The number of hydrogen-bond donors (Lipinski definition) is 0. The van der Waals surface area contributed by atoms with Crippen LogP contribution in [-0.2, 0) is 14.8 Å². The quantitative estimate of drug-likeness (QED) is 0.449. The number of thioether (sulfide) groups is 1. The lowest BCUT2D eigenvalue weighted by Crippen LogP contribution is -2.54. The van der Waals surface area contributed by atoms with Crippen LogP contribution in [-0.4, -0.2) is 80.6 Å². The smallest absolute Gasteiger partial charge is 0.243 e. The predicted molar refractivity (Wildman–Crippen MR) is 140 cm³/mol. The minimum absolute atomic E-state index is 0.104. The topological polar surface area (TPSA) is 83.0 Å². The Hall–Kier alpha value is -2.34. The molecule has 2 aliphatic heterocycles. The Balaban J connectivity index is 1.27. The van der Waals surface area contributed by atoms with E-state index in [1.807, 2.05) is 4.90 Å². The van der Waals surface area contributed by atoms with E-state index in [0.717, 1.165) is 15.3 Å². The molecule has 1 aromatic heterocycles. The van der Waals surface area contributed by atoms with Gasteiger partial charge in [-0.1, -0.05) is 17.4 Å². The maximum Gasteiger partial charge on any atom is 0.243 e. The Morgan fingerprint density at radius 1 is 1.09 bits per heavy atom. The zero-order valence-electron chi connectivity index (χ0n) is 19.7. The molecule has 8 nitrogen and oxygen atoms in total. The first kappa shape index (κ1) is 24.4. The van der Waals surface area contributed by atoms with Crippen LogP contribution in [0.2, 0.25) is 0 Å². The summed E-state index contributed by atoms with van der Waals surface area (Å²) >= 11 is 3.37. The van der Waals surface area contributed by atoms with Gasteiger partial charge >= 0.3 is 0 Å². The molecule has 3 heterocycles. The molecule has 2 aromatic carbocycles. The Kier molecular flexibility index (Phi) is 6.93. The lowest BCUT2D eigenvalue weighted by molar-refractivity contribution is -0.134. The molecular weight excluding hydrogens is 504 g/mol. The molecule has 0 bridgehead atoms. The van der Waals surface area contributed by atoms with E-state index in [-0.39, 0.29) is 10.8 Å². The first-order chi connectivity index (χ1) is 16.9. The number of anilines is 1. The fourth-order valence-corrected chi connectivity index (χ4v) is 8.02. The number of sulfonamides is 1. The van der Waals surface area contributed by atoms with Crippen molar-refractivity contribution >= 4 is 54.4 Å². The highest BCUT2D eigenvalue weighted by Crippen LogP contribution is 2.35. The minimum atomic E-state index is -3.76. The number of carbonyl (C=O) groups is 1. The summed E-state index contributed by atoms with van der Waals surface area (Å²) in [6.07, 6.45) is 3.28. The Bertz CT molecular complexity index is 1320. The van der Waals surface area contributed by atoms with Gasteiger partial charge in [0, 0.05) is 37.6 Å². The van der Waals surface area contributed by atoms with Crippen LogP contribution < -0.4 is 9.64 Å². The van der Waals surface area contributed by atoms with Crippen LogP contribution in [0.4, 0.5) is 5.13 Å². The van der Waals surface area contributed by atoms with Gasteiger partial charge in [-0.3, -0.25) is 4.79 Å². The number of carbonyl (C=O) groups excluding carboxylic acids is 1. The van der Waals surface area contributed by atoms with Gasteiger partial charge < -0.3 is 14.5 Å². The molecule has 0 N–H and O–H groups in total. The van der Waals surface area contributed by atoms with E-state index >= 15 is 0 Å². The third-order valence-electron chi connectivity index (χ3n) is 6.61. The average Bonchev–Trinajstić information content (AvgIpc) is 3.56. The SMILES string of the molecule is COc1ccc(S(=O)(=O)N2CCCC2C(=O)N2CCN(c3nc4c(SC)cccc4s3)CC2)cc1. The van der Waals surface area contributed by atoms with Crippen molar-refractivity contribution in [3.05, 3.63) is 42.5 Å². The average molecular weight is 533 g/mol. The van der Waals surface area contributed by atoms with Gasteiger partial charge in [-0.2, -0.15) is 4.31 Å². The maximum absolute atomic E-state index is 13.4. The van der Waals surface area contributed by atoms with Crippen LogP contribution in [0.5, 0.6) is 5.75 Å². The summed E-state index contributed by atoms with van der Waals surface area (Å²) in [6.45, 7) is 2.82. The largest absolute Gasteiger partial charge is 0.497 e. The van der Waals surface area contributed by atoms with Gasteiger partial charge in [0.1, 0.15) is 11.8 Å². The number of benzene rings is 2. The monoisotopic (exact) mass is 532 g/mol. The van der Waals surface area contributed by atoms with Crippen molar-refractivity contribution in [2.24, 2.45) is 0 Å². The first-order valence-corrected chi connectivity index (χ1v) is 15.0. The molecule has 3 aromatic rings. The third-order valence-corrected chi connectivity index (χ3v) is 10.4. The van der Waals surface area contributed by atoms with Crippen LogP contribution in [0.25, 0.3) is 10.2 Å². The van der Waals surface area contributed by atoms with Crippen molar-refractivity contribution < 1.29 is 17.9 Å².